The van der Waals surface area contributed by atoms with Crippen LogP contribution in [-0.4, -0.2) is 16.1 Å². The average molecular weight is 246 g/mol. The summed E-state index contributed by atoms with van der Waals surface area (Å²) in [6.45, 7) is 3.93. The third-order valence-electron chi connectivity index (χ3n) is 1.84. The first kappa shape index (κ1) is 10.2. The molecule has 1 heterocycles. The fourth-order valence-corrected chi connectivity index (χ4v) is 1.35. The maximum absolute atomic E-state index is 10.8. The van der Waals surface area contributed by atoms with E-state index < -0.39 is 0 Å². The molecule has 0 saturated carbocycles. The molecule has 0 radical (unpaired) electrons. The molecule has 0 amide bonds. The minimum absolute atomic E-state index is 0.212. The smallest absolute Gasteiger partial charge is 0.159 e. The van der Waals surface area contributed by atoms with Crippen molar-refractivity contribution in [3.63, 3.8) is 0 Å². The van der Waals surface area contributed by atoms with Gasteiger partial charge in [0.2, 0.25) is 0 Å². The molecule has 4 nitrogen and oxygen atoms in total. The predicted octanol–water partition coefficient (Wildman–Crippen LogP) is 1.62. The Labute approximate surface area is 85.2 Å². The van der Waals surface area contributed by atoms with E-state index in [2.05, 4.69) is 21.0 Å². The lowest BCUT2D eigenvalue weighted by molar-refractivity contribution is -0.111. The fourth-order valence-electron chi connectivity index (χ4n) is 1.06. The predicted molar refractivity (Wildman–Crippen MR) is 54.3 cm³/mol. The van der Waals surface area contributed by atoms with Gasteiger partial charge in [0.15, 0.2) is 5.82 Å². The van der Waals surface area contributed by atoms with Crippen LogP contribution >= 0.6 is 15.9 Å². The van der Waals surface area contributed by atoms with Crippen LogP contribution in [0.3, 0.4) is 0 Å². The van der Waals surface area contributed by atoms with Gasteiger partial charge < -0.3 is 10.5 Å². The summed E-state index contributed by atoms with van der Waals surface area (Å²) in [5.41, 5.74) is 5.54. The van der Waals surface area contributed by atoms with E-state index in [0.717, 1.165) is 10.8 Å². The largest absolute Gasteiger partial charge is 0.381 e. The zero-order valence-corrected chi connectivity index (χ0v) is 9.15. The molecule has 2 N–H and O–H groups in total. The lowest BCUT2D eigenvalue weighted by atomic mass is 10.1. The summed E-state index contributed by atoms with van der Waals surface area (Å²) in [4.78, 5) is 10.8. The fraction of sp³-hybridized carbons (Fsp3) is 0.500. The van der Waals surface area contributed by atoms with Crippen LogP contribution in [0.15, 0.2) is 10.7 Å². The molecular weight excluding hydrogens is 234 g/mol. The topological polar surface area (TPSA) is 60.9 Å². The van der Waals surface area contributed by atoms with E-state index in [1.54, 1.807) is 10.9 Å². The highest BCUT2D eigenvalue weighted by atomic mass is 79.9. The number of hydrogen-bond donors (Lipinski definition) is 1. The van der Waals surface area contributed by atoms with Crippen LogP contribution in [0, 0.1) is 5.92 Å². The van der Waals surface area contributed by atoms with E-state index in [1.807, 2.05) is 13.8 Å². The summed E-state index contributed by atoms with van der Waals surface area (Å²) in [6, 6.07) is -0.242. The quantitative estimate of drug-likeness (QED) is 0.824. The number of anilines is 1. The molecule has 0 aromatic carbocycles. The Bertz CT molecular complexity index is 289. The van der Waals surface area contributed by atoms with Gasteiger partial charge in [-0.25, -0.2) is 0 Å². The van der Waals surface area contributed by atoms with Gasteiger partial charge in [-0.05, 0) is 21.8 Å². The third kappa shape index (κ3) is 2.09. The number of nitrogens with two attached hydrogens (primary N) is 1. The minimum atomic E-state index is -0.242. The second kappa shape index (κ2) is 3.91. The molecule has 0 fully saturated rings. The highest BCUT2D eigenvalue weighted by Crippen LogP contribution is 2.21. The summed E-state index contributed by atoms with van der Waals surface area (Å²) < 4.78 is 2.30. The zero-order valence-electron chi connectivity index (χ0n) is 7.57. The van der Waals surface area contributed by atoms with E-state index in [9.17, 15) is 4.79 Å². The van der Waals surface area contributed by atoms with Gasteiger partial charge in [-0.1, -0.05) is 13.8 Å². The first-order valence-electron chi connectivity index (χ1n) is 4.01. The second-order valence-corrected chi connectivity index (χ2v) is 4.07. The van der Waals surface area contributed by atoms with Gasteiger partial charge in [-0.3, -0.25) is 4.68 Å². The summed E-state index contributed by atoms with van der Waals surface area (Å²) in [7, 11) is 0. The molecule has 1 aromatic rings. The monoisotopic (exact) mass is 245 g/mol. The number of nitrogen functional groups attached to an aromatic ring is 1. The van der Waals surface area contributed by atoms with E-state index in [-0.39, 0.29) is 12.0 Å². The molecule has 0 spiro atoms. The Morgan fingerprint density at radius 2 is 2.31 bits per heavy atom. The molecule has 1 rings (SSSR count). The van der Waals surface area contributed by atoms with Crippen LogP contribution in [0.25, 0.3) is 0 Å². The Kier molecular flexibility index (Phi) is 3.08. The van der Waals surface area contributed by atoms with Gasteiger partial charge in [-0.15, -0.1) is 0 Å². The number of hydrogen-bond acceptors (Lipinski definition) is 3. The maximum atomic E-state index is 10.8. The number of carbonyl (C=O) groups is 1. The number of carbonyl (C=O) groups excluding carboxylic acids is 1. The number of aromatic nitrogens is 2. The molecule has 1 unspecified atom stereocenters. The maximum Gasteiger partial charge on any atom is 0.159 e. The molecule has 0 aliphatic rings. The molecule has 5 heteroatoms. The van der Waals surface area contributed by atoms with Gasteiger partial charge >= 0.3 is 0 Å². The normalized spacial score (nSPS) is 13.2. The number of aldehydes is 1. The highest BCUT2D eigenvalue weighted by Gasteiger charge is 2.16. The lowest BCUT2D eigenvalue weighted by Crippen LogP contribution is -2.17. The van der Waals surface area contributed by atoms with Gasteiger partial charge in [0.25, 0.3) is 0 Å². The zero-order chi connectivity index (χ0) is 10.0. The first-order chi connectivity index (χ1) is 6.06. The summed E-state index contributed by atoms with van der Waals surface area (Å²) in [6.07, 6.45) is 2.60. The molecular formula is C8H12BrN3O. The Hall–Kier alpha value is -0.840. The van der Waals surface area contributed by atoms with Gasteiger partial charge in [0, 0.05) is 6.20 Å². The lowest BCUT2D eigenvalue weighted by Gasteiger charge is -2.13. The molecule has 1 atom stereocenters. The molecule has 1 aromatic heterocycles. The third-order valence-corrected chi connectivity index (χ3v) is 2.45. The van der Waals surface area contributed by atoms with Crippen LogP contribution in [0.2, 0.25) is 0 Å². The second-order valence-electron chi connectivity index (χ2n) is 3.21. The van der Waals surface area contributed by atoms with Crippen LogP contribution in [0.5, 0.6) is 0 Å². The van der Waals surface area contributed by atoms with Crippen molar-refractivity contribution in [1.29, 1.82) is 0 Å². The highest BCUT2D eigenvalue weighted by molar-refractivity contribution is 9.10. The first-order valence-corrected chi connectivity index (χ1v) is 4.81. The van der Waals surface area contributed by atoms with Gasteiger partial charge in [0.1, 0.15) is 12.3 Å². The van der Waals surface area contributed by atoms with E-state index in [4.69, 9.17) is 5.73 Å². The van der Waals surface area contributed by atoms with E-state index in [0.29, 0.717) is 5.82 Å². The van der Waals surface area contributed by atoms with Crippen molar-refractivity contribution in [2.24, 2.45) is 5.92 Å². The van der Waals surface area contributed by atoms with Gasteiger partial charge in [-0.2, -0.15) is 5.10 Å². The van der Waals surface area contributed by atoms with E-state index >= 15 is 0 Å². The van der Waals surface area contributed by atoms with Crippen molar-refractivity contribution in [1.82, 2.24) is 9.78 Å². The van der Waals surface area contributed by atoms with Crippen molar-refractivity contribution in [3.8, 4) is 0 Å². The van der Waals surface area contributed by atoms with Crippen LogP contribution in [-0.2, 0) is 4.79 Å². The molecule has 13 heavy (non-hydrogen) atoms. The molecule has 0 aliphatic carbocycles. The van der Waals surface area contributed by atoms with Crippen LogP contribution in [0.4, 0.5) is 5.82 Å². The average Bonchev–Trinajstić information content (AvgIpc) is 2.32. The molecule has 0 saturated heterocycles. The minimum Gasteiger partial charge on any atom is -0.381 e. The molecule has 72 valence electrons. The standard InChI is InChI=1S/C8H12BrN3O/c1-5(2)7(4-13)12-3-6(9)8(10)11-12/h3-5,7H,1-2H3,(H2,10,11). The number of halogens is 1. The van der Waals surface area contributed by atoms with Crippen LogP contribution < -0.4 is 5.73 Å². The van der Waals surface area contributed by atoms with Crippen molar-refractivity contribution in [2.45, 2.75) is 19.9 Å². The van der Waals surface area contributed by atoms with Crippen molar-refractivity contribution in [3.05, 3.63) is 10.7 Å². The molecule has 0 aliphatic heterocycles. The number of rotatable bonds is 3. The SMILES string of the molecule is CC(C)C(C=O)n1cc(Br)c(N)n1. The van der Waals surface area contributed by atoms with Crippen molar-refractivity contribution < 1.29 is 4.79 Å². The van der Waals surface area contributed by atoms with Gasteiger partial charge in [0.05, 0.1) is 4.47 Å². The summed E-state index contributed by atoms with van der Waals surface area (Å²) >= 11 is 3.24. The Morgan fingerprint density at radius 3 is 2.62 bits per heavy atom. The Balaban J connectivity index is 2.98. The molecule has 0 bridgehead atoms. The van der Waals surface area contributed by atoms with Crippen molar-refractivity contribution in [2.75, 3.05) is 5.73 Å². The van der Waals surface area contributed by atoms with E-state index in [1.165, 1.54) is 0 Å². The van der Waals surface area contributed by atoms with Crippen molar-refractivity contribution >= 4 is 28.0 Å². The number of nitrogens with zero attached hydrogens (tertiary/aromatic N) is 2. The Morgan fingerprint density at radius 1 is 1.69 bits per heavy atom. The summed E-state index contributed by atoms with van der Waals surface area (Å²) in [5.74, 6) is 0.621. The van der Waals surface area contributed by atoms with Crippen LogP contribution in [0.1, 0.15) is 19.9 Å². The summed E-state index contributed by atoms with van der Waals surface area (Å²) in [5, 5.41) is 4.02.